The summed E-state index contributed by atoms with van der Waals surface area (Å²) in [7, 11) is 1.58. The Kier molecular flexibility index (Phi) is 8.89. The molecule has 0 bridgehead atoms. The molecule has 0 radical (unpaired) electrons. The number of carbonyl (C=O) groups is 2. The Morgan fingerprint density at radius 2 is 1.84 bits per heavy atom. The number of amides is 2. The lowest BCUT2D eigenvalue weighted by Crippen LogP contribution is -2.47. The van der Waals surface area contributed by atoms with Gasteiger partial charge in [0, 0.05) is 49.6 Å². The topological polar surface area (TPSA) is 74.7 Å². The van der Waals surface area contributed by atoms with E-state index in [0.29, 0.717) is 49.7 Å². The summed E-state index contributed by atoms with van der Waals surface area (Å²) in [5.41, 5.74) is 1.63. The van der Waals surface area contributed by atoms with E-state index in [1.54, 1.807) is 30.2 Å². The summed E-state index contributed by atoms with van der Waals surface area (Å²) in [5, 5.41) is 6.00. The minimum Gasteiger partial charge on any atom is -0.496 e. The van der Waals surface area contributed by atoms with Crippen LogP contribution in [0.2, 0.25) is 0 Å². The highest BCUT2D eigenvalue weighted by atomic mass is 19.1. The molecule has 1 unspecified atom stereocenters. The Labute approximate surface area is 217 Å². The van der Waals surface area contributed by atoms with Crippen LogP contribution in [0.3, 0.4) is 0 Å². The van der Waals surface area contributed by atoms with Crippen molar-refractivity contribution in [3.8, 4) is 5.75 Å². The van der Waals surface area contributed by atoms with Crippen LogP contribution in [0, 0.1) is 11.7 Å². The monoisotopic (exact) mass is 510 g/mol. The van der Waals surface area contributed by atoms with Crippen LogP contribution in [0.4, 0.5) is 4.39 Å². The van der Waals surface area contributed by atoms with Gasteiger partial charge in [-0.15, -0.1) is 0 Å². The average molecular weight is 511 g/mol. The maximum Gasteiger partial charge on any atom is 0.262 e. The van der Waals surface area contributed by atoms with E-state index in [1.165, 1.54) is 11.1 Å². The molecule has 2 aliphatic heterocycles. The Morgan fingerprint density at radius 3 is 2.54 bits per heavy atom. The lowest BCUT2D eigenvalue weighted by molar-refractivity contribution is -0.143. The van der Waals surface area contributed by atoms with E-state index in [0.717, 1.165) is 18.7 Å². The van der Waals surface area contributed by atoms with Crippen molar-refractivity contribution >= 4 is 17.5 Å². The molecule has 1 atom stereocenters. The second kappa shape index (κ2) is 12.3. The summed E-state index contributed by atoms with van der Waals surface area (Å²) in [5.74, 6) is -0.432. The quantitative estimate of drug-likeness (QED) is 0.518. The van der Waals surface area contributed by atoms with Crippen LogP contribution < -0.4 is 4.74 Å². The number of nitrogens with zero attached hydrogens (tertiary/aromatic N) is 4. The summed E-state index contributed by atoms with van der Waals surface area (Å²) in [6, 6.07) is 13.4. The van der Waals surface area contributed by atoms with Crippen molar-refractivity contribution in [2.24, 2.45) is 11.0 Å². The first-order chi connectivity index (χ1) is 17.9. The SMILES string of the molecule is COc1ccccc1C1CC(c2ccccc2F)=NN1C(=O)CN(CCN1CCOCC1)C(=O)C(C)C. The fraction of sp³-hybridized carbons (Fsp3) is 0.464. The van der Waals surface area contributed by atoms with Crippen molar-refractivity contribution in [3.05, 3.63) is 65.5 Å². The standard InChI is InChI=1S/C28H35FN4O4/c1-20(2)28(35)32(13-12-31-14-16-37-17-15-31)19-27(34)33-25(22-9-5-7-11-26(22)36-3)18-24(30-33)21-8-4-6-10-23(21)29/h4-11,20,25H,12-19H2,1-3H3. The third-order valence-corrected chi connectivity index (χ3v) is 6.77. The van der Waals surface area contributed by atoms with Crippen LogP contribution in [-0.2, 0) is 14.3 Å². The van der Waals surface area contributed by atoms with Crippen molar-refractivity contribution in [1.82, 2.24) is 14.8 Å². The number of morpholine rings is 1. The number of benzene rings is 2. The van der Waals surface area contributed by atoms with Gasteiger partial charge < -0.3 is 14.4 Å². The Bertz CT molecular complexity index is 1130. The highest BCUT2D eigenvalue weighted by Gasteiger charge is 2.36. The van der Waals surface area contributed by atoms with Gasteiger partial charge in [-0.1, -0.05) is 50.2 Å². The first kappa shape index (κ1) is 26.8. The van der Waals surface area contributed by atoms with Gasteiger partial charge in [0.15, 0.2) is 0 Å². The van der Waals surface area contributed by atoms with E-state index < -0.39 is 11.9 Å². The predicted octanol–water partition coefficient (Wildman–Crippen LogP) is 3.33. The Hall–Kier alpha value is -3.30. The van der Waals surface area contributed by atoms with Gasteiger partial charge in [0.25, 0.3) is 5.91 Å². The maximum atomic E-state index is 14.7. The highest BCUT2D eigenvalue weighted by Crippen LogP contribution is 2.37. The number of rotatable bonds is 9. The highest BCUT2D eigenvalue weighted by molar-refractivity contribution is 6.03. The van der Waals surface area contributed by atoms with E-state index in [4.69, 9.17) is 9.47 Å². The van der Waals surface area contributed by atoms with E-state index in [1.807, 2.05) is 38.1 Å². The predicted molar refractivity (Wildman–Crippen MR) is 139 cm³/mol. The van der Waals surface area contributed by atoms with Gasteiger partial charge in [-0.2, -0.15) is 5.10 Å². The van der Waals surface area contributed by atoms with Crippen LogP contribution in [0.15, 0.2) is 53.6 Å². The molecule has 9 heteroatoms. The largest absolute Gasteiger partial charge is 0.496 e. The molecule has 0 aromatic heterocycles. The zero-order valence-electron chi connectivity index (χ0n) is 21.7. The van der Waals surface area contributed by atoms with Crippen LogP contribution >= 0.6 is 0 Å². The van der Waals surface area contributed by atoms with Gasteiger partial charge in [-0.05, 0) is 12.1 Å². The number of halogens is 1. The number of hydrogen-bond donors (Lipinski definition) is 0. The molecule has 0 spiro atoms. The second-order valence-electron chi connectivity index (χ2n) is 9.60. The normalized spacial score (nSPS) is 18.1. The molecule has 0 N–H and O–H groups in total. The first-order valence-corrected chi connectivity index (χ1v) is 12.7. The number of methoxy groups -OCH3 is 1. The molecule has 2 heterocycles. The van der Waals surface area contributed by atoms with Crippen molar-refractivity contribution in [3.63, 3.8) is 0 Å². The Balaban J connectivity index is 1.60. The molecule has 2 amide bonds. The zero-order chi connectivity index (χ0) is 26.4. The molecular weight excluding hydrogens is 475 g/mol. The van der Waals surface area contributed by atoms with Crippen LogP contribution in [-0.4, -0.2) is 85.4 Å². The minimum atomic E-state index is -0.478. The van der Waals surface area contributed by atoms with Gasteiger partial charge >= 0.3 is 0 Å². The number of hydrazone groups is 1. The molecule has 2 aromatic rings. The van der Waals surface area contributed by atoms with Gasteiger partial charge in [0.05, 0.1) is 32.1 Å². The van der Waals surface area contributed by atoms with Gasteiger partial charge in [-0.3, -0.25) is 14.5 Å². The molecule has 0 saturated carbocycles. The minimum absolute atomic E-state index is 0.0899. The fourth-order valence-electron chi connectivity index (χ4n) is 4.74. The molecule has 2 aliphatic rings. The van der Waals surface area contributed by atoms with Crippen molar-refractivity contribution < 1.29 is 23.5 Å². The molecule has 198 valence electrons. The lowest BCUT2D eigenvalue weighted by atomic mass is 9.97. The third-order valence-electron chi connectivity index (χ3n) is 6.77. The van der Waals surface area contributed by atoms with Gasteiger partial charge in [0.1, 0.15) is 18.1 Å². The maximum absolute atomic E-state index is 14.7. The zero-order valence-corrected chi connectivity index (χ0v) is 21.7. The lowest BCUT2D eigenvalue weighted by Gasteiger charge is -2.32. The number of carbonyl (C=O) groups excluding carboxylic acids is 2. The Morgan fingerprint density at radius 1 is 1.14 bits per heavy atom. The van der Waals surface area contributed by atoms with Crippen LogP contribution in [0.25, 0.3) is 0 Å². The molecule has 1 fully saturated rings. The average Bonchev–Trinajstić information content (AvgIpc) is 3.36. The summed E-state index contributed by atoms with van der Waals surface area (Å²) >= 11 is 0. The molecule has 4 rings (SSSR count). The second-order valence-corrected chi connectivity index (χ2v) is 9.60. The molecule has 0 aliphatic carbocycles. The first-order valence-electron chi connectivity index (χ1n) is 12.7. The number of ether oxygens (including phenoxy) is 2. The molecule has 2 aromatic carbocycles. The van der Waals surface area contributed by atoms with E-state index >= 15 is 0 Å². The number of hydrogen-bond acceptors (Lipinski definition) is 6. The van der Waals surface area contributed by atoms with Crippen molar-refractivity contribution in [2.45, 2.75) is 26.3 Å². The molecule has 37 heavy (non-hydrogen) atoms. The van der Waals surface area contributed by atoms with Crippen LogP contribution in [0.1, 0.15) is 37.4 Å². The summed E-state index contributed by atoms with van der Waals surface area (Å²) < 4.78 is 25.6. The molecule has 1 saturated heterocycles. The third kappa shape index (κ3) is 6.34. The van der Waals surface area contributed by atoms with E-state index in [-0.39, 0.29) is 24.3 Å². The summed E-state index contributed by atoms with van der Waals surface area (Å²) in [6.07, 6.45) is 0.332. The fourth-order valence-corrected chi connectivity index (χ4v) is 4.74. The smallest absolute Gasteiger partial charge is 0.262 e. The van der Waals surface area contributed by atoms with Gasteiger partial charge in [-0.25, -0.2) is 9.40 Å². The number of para-hydroxylation sites is 1. The molecular formula is C28H35FN4O4. The van der Waals surface area contributed by atoms with E-state index in [9.17, 15) is 14.0 Å². The van der Waals surface area contributed by atoms with E-state index in [2.05, 4.69) is 10.0 Å². The van der Waals surface area contributed by atoms with Crippen LogP contribution in [0.5, 0.6) is 5.75 Å². The van der Waals surface area contributed by atoms with Crippen molar-refractivity contribution in [2.75, 3.05) is 53.0 Å². The van der Waals surface area contributed by atoms with Crippen molar-refractivity contribution in [1.29, 1.82) is 0 Å². The van der Waals surface area contributed by atoms with Gasteiger partial charge in [0.2, 0.25) is 5.91 Å². The summed E-state index contributed by atoms with van der Waals surface area (Å²) in [4.78, 5) is 30.6. The molecule has 8 nitrogen and oxygen atoms in total. The summed E-state index contributed by atoms with van der Waals surface area (Å²) in [6.45, 7) is 7.58.